The molecule has 0 atom stereocenters. The number of hydrogen-bond donors (Lipinski definition) is 1. The topological polar surface area (TPSA) is 61.0 Å². The molecule has 2 aromatic heterocycles. The summed E-state index contributed by atoms with van der Waals surface area (Å²) in [6, 6.07) is 4.63. The highest BCUT2D eigenvalue weighted by atomic mass is 32.1. The van der Waals surface area contributed by atoms with E-state index in [-0.39, 0.29) is 12.4 Å². The lowest BCUT2D eigenvalue weighted by molar-refractivity contribution is 0.455. The van der Waals surface area contributed by atoms with Crippen LogP contribution in [0, 0.1) is 12.7 Å². The molecule has 102 valence electrons. The Morgan fingerprint density at radius 2 is 2.20 bits per heavy atom. The zero-order valence-electron chi connectivity index (χ0n) is 10.8. The van der Waals surface area contributed by atoms with Crippen molar-refractivity contribution >= 4 is 21.6 Å². The maximum Gasteiger partial charge on any atom is 0.240 e. The van der Waals surface area contributed by atoms with Gasteiger partial charge in [-0.2, -0.15) is 0 Å². The van der Waals surface area contributed by atoms with Crippen LogP contribution in [0.5, 0.6) is 11.6 Å². The Labute approximate surface area is 119 Å². The van der Waals surface area contributed by atoms with Crippen molar-refractivity contribution in [3.8, 4) is 11.6 Å². The Kier molecular flexibility index (Phi) is 3.33. The number of ether oxygens (including phenoxy) is 1. The van der Waals surface area contributed by atoms with Gasteiger partial charge in [-0.1, -0.05) is 6.07 Å². The van der Waals surface area contributed by atoms with Gasteiger partial charge in [-0.3, -0.25) is 0 Å². The molecule has 2 N–H and O–H groups in total. The van der Waals surface area contributed by atoms with Crippen molar-refractivity contribution in [1.82, 2.24) is 9.97 Å². The molecule has 0 unspecified atom stereocenters. The Hall–Kier alpha value is -2.05. The van der Waals surface area contributed by atoms with Crippen molar-refractivity contribution in [3.63, 3.8) is 0 Å². The average Bonchev–Trinajstić information content (AvgIpc) is 2.82. The second-order valence-corrected chi connectivity index (χ2v) is 5.18. The average molecular weight is 289 g/mol. The molecule has 0 bridgehead atoms. The Morgan fingerprint density at radius 1 is 1.35 bits per heavy atom. The number of halogens is 1. The molecule has 0 aliphatic heterocycles. The maximum absolute atomic E-state index is 13.7. The SMILES string of the molecule is Cc1csc2c(Oc3cccc(F)c3CN)ncnc12. The largest absolute Gasteiger partial charge is 0.437 e. The van der Waals surface area contributed by atoms with Gasteiger partial charge in [0.1, 0.15) is 22.6 Å². The first-order valence-corrected chi connectivity index (χ1v) is 6.92. The van der Waals surface area contributed by atoms with Gasteiger partial charge in [-0.05, 0) is 30.0 Å². The monoisotopic (exact) mass is 289 g/mol. The van der Waals surface area contributed by atoms with Crippen molar-refractivity contribution in [2.45, 2.75) is 13.5 Å². The summed E-state index contributed by atoms with van der Waals surface area (Å²) >= 11 is 1.50. The molecular formula is C14H12FN3OS. The number of aromatic nitrogens is 2. The minimum absolute atomic E-state index is 0.0691. The van der Waals surface area contributed by atoms with Gasteiger partial charge < -0.3 is 10.5 Å². The van der Waals surface area contributed by atoms with E-state index in [2.05, 4.69) is 9.97 Å². The number of nitrogens with zero attached hydrogens (tertiary/aromatic N) is 2. The highest BCUT2D eigenvalue weighted by molar-refractivity contribution is 7.17. The van der Waals surface area contributed by atoms with Crippen molar-refractivity contribution in [1.29, 1.82) is 0 Å². The predicted octanol–water partition coefficient (Wildman–Crippen LogP) is 3.39. The second kappa shape index (κ2) is 5.15. The third-order valence-electron chi connectivity index (χ3n) is 2.98. The number of rotatable bonds is 3. The fraction of sp³-hybridized carbons (Fsp3) is 0.143. The van der Waals surface area contributed by atoms with Crippen molar-refractivity contribution in [2.75, 3.05) is 0 Å². The van der Waals surface area contributed by atoms with E-state index in [1.807, 2.05) is 12.3 Å². The van der Waals surface area contributed by atoms with Gasteiger partial charge in [-0.25, -0.2) is 14.4 Å². The van der Waals surface area contributed by atoms with Crippen LogP contribution in [0.2, 0.25) is 0 Å². The van der Waals surface area contributed by atoms with Gasteiger partial charge >= 0.3 is 0 Å². The highest BCUT2D eigenvalue weighted by Gasteiger charge is 2.13. The number of thiophene rings is 1. The minimum Gasteiger partial charge on any atom is -0.437 e. The van der Waals surface area contributed by atoms with Crippen LogP contribution < -0.4 is 10.5 Å². The molecule has 2 heterocycles. The third-order valence-corrected chi connectivity index (χ3v) is 4.06. The van der Waals surface area contributed by atoms with Crippen LogP contribution in [0.25, 0.3) is 10.2 Å². The normalized spacial score (nSPS) is 10.9. The molecular weight excluding hydrogens is 277 g/mol. The number of hydrogen-bond acceptors (Lipinski definition) is 5. The molecule has 0 radical (unpaired) electrons. The number of fused-ring (bicyclic) bond motifs is 1. The summed E-state index contributed by atoms with van der Waals surface area (Å²) in [6.07, 6.45) is 1.44. The molecule has 0 aliphatic rings. The van der Waals surface area contributed by atoms with Crippen molar-refractivity contribution in [3.05, 3.63) is 46.9 Å². The van der Waals surface area contributed by atoms with E-state index in [1.54, 1.807) is 12.1 Å². The van der Waals surface area contributed by atoms with E-state index in [0.717, 1.165) is 15.8 Å². The molecule has 0 aliphatic carbocycles. The molecule has 4 nitrogen and oxygen atoms in total. The first-order valence-electron chi connectivity index (χ1n) is 6.05. The van der Waals surface area contributed by atoms with Crippen LogP contribution in [0.1, 0.15) is 11.1 Å². The van der Waals surface area contributed by atoms with Gasteiger partial charge in [0.2, 0.25) is 5.88 Å². The zero-order valence-corrected chi connectivity index (χ0v) is 11.6. The fourth-order valence-corrected chi connectivity index (χ4v) is 2.88. The molecule has 0 saturated heterocycles. The lowest BCUT2D eigenvalue weighted by atomic mass is 10.2. The summed E-state index contributed by atoms with van der Waals surface area (Å²) in [5.74, 6) is 0.435. The lowest BCUT2D eigenvalue weighted by Crippen LogP contribution is -2.03. The van der Waals surface area contributed by atoms with E-state index in [4.69, 9.17) is 10.5 Å². The van der Waals surface area contributed by atoms with Crippen LogP contribution >= 0.6 is 11.3 Å². The van der Waals surface area contributed by atoms with Crippen LogP contribution in [-0.4, -0.2) is 9.97 Å². The zero-order chi connectivity index (χ0) is 14.1. The van der Waals surface area contributed by atoms with E-state index in [1.165, 1.54) is 23.7 Å². The van der Waals surface area contributed by atoms with Gasteiger partial charge in [0, 0.05) is 12.1 Å². The van der Waals surface area contributed by atoms with Gasteiger partial charge in [0.25, 0.3) is 0 Å². The van der Waals surface area contributed by atoms with E-state index < -0.39 is 0 Å². The van der Waals surface area contributed by atoms with E-state index in [9.17, 15) is 4.39 Å². The molecule has 3 rings (SSSR count). The van der Waals surface area contributed by atoms with E-state index >= 15 is 0 Å². The van der Waals surface area contributed by atoms with Crippen LogP contribution in [0.3, 0.4) is 0 Å². The smallest absolute Gasteiger partial charge is 0.240 e. The van der Waals surface area contributed by atoms with Gasteiger partial charge in [-0.15, -0.1) is 11.3 Å². The molecule has 0 fully saturated rings. The van der Waals surface area contributed by atoms with Crippen molar-refractivity contribution in [2.24, 2.45) is 5.73 Å². The quantitative estimate of drug-likeness (QED) is 0.803. The predicted molar refractivity (Wildman–Crippen MR) is 76.5 cm³/mol. The number of benzene rings is 1. The Morgan fingerprint density at radius 3 is 3.00 bits per heavy atom. The molecule has 1 aromatic carbocycles. The van der Waals surface area contributed by atoms with Crippen LogP contribution in [0.4, 0.5) is 4.39 Å². The van der Waals surface area contributed by atoms with Gasteiger partial charge in [0.15, 0.2) is 0 Å². The fourth-order valence-electron chi connectivity index (χ4n) is 1.96. The Bertz CT molecular complexity index is 772. The van der Waals surface area contributed by atoms with Crippen LogP contribution in [-0.2, 0) is 6.54 Å². The summed E-state index contributed by atoms with van der Waals surface area (Å²) in [6.45, 7) is 2.04. The summed E-state index contributed by atoms with van der Waals surface area (Å²) in [4.78, 5) is 8.36. The van der Waals surface area contributed by atoms with E-state index in [0.29, 0.717) is 17.2 Å². The first kappa shape index (κ1) is 13.0. The Balaban J connectivity index is 2.08. The van der Waals surface area contributed by atoms with Crippen molar-refractivity contribution < 1.29 is 9.13 Å². The highest BCUT2D eigenvalue weighted by Crippen LogP contribution is 2.34. The maximum atomic E-state index is 13.7. The minimum atomic E-state index is -0.377. The summed E-state index contributed by atoms with van der Waals surface area (Å²) in [7, 11) is 0. The number of nitrogens with two attached hydrogens (primary N) is 1. The molecule has 20 heavy (non-hydrogen) atoms. The first-order chi connectivity index (χ1) is 9.70. The third kappa shape index (κ3) is 2.13. The number of aryl methyl sites for hydroxylation is 1. The van der Waals surface area contributed by atoms with Crippen LogP contribution in [0.15, 0.2) is 29.9 Å². The molecule has 3 aromatic rings. The molecule has 0 amide bonds. The standard InChI is InChI=1S/C14H12FN3OS/c1-8-6-20-13-12(8)17-7-18-14(13)19-11-4-2-3-10(15)9(11)5-16/h2-4,6-7H,5,16H2,1H3. The molecule has 0 spiro atoms. The second-order valence-electron chi connectivity index (χ2n) is 4.30. The molecule has 6 heteroatoms. The lowest BCUT2D eigenvalue weighted by Gasteiger charge is -2.10. The van der Waals surface area contributed by atoms with Gasteiger partial charge in [0.05, 0.1) is 5.52 Å². The summed E-state index contributed by atoms with van der Waals surface area (Å²) in [5.41, 5.74) is 7.83. The summed E-state index contributed by atoms with van der Waals surface area (Å²) in [5, 5.41) is 1.99. The summed E-state index contributed by atoms with van der Waals surface area (Å²) < 4.78 is 20.3. The molecule has 0 saturated carbocycles.